The van der Waals surface area contributed by atoms with E-state index in [2.05, 4.69) is 25.7 Å². The van der Waals surface area contributed by atoms with Gasteiger partial charge in [0, 0.05) is 3.57 Å². The molecule has 0 saturated heterocycles. The number of carbonyl (C=O) groups is 1. The molecule has 1 rings (SSSR count). The Labute approximate surface area is 113 Å². The molecule has 0 spiro atoms. The van der Waals surface area contributed by atoms with Crippen LogP contribution in [0.2, 0.25) is 0 Å². The summed E-state index contributed by atoms with van der Waals surface area (Å²) in [5, 5.41) is 0. The molecule has 0 amide bonds. The predicted molar refractivity (Wildman–Crippen MR) is 65.6 cm³/mol. The van der Waals surface area contributed by atoms with Crippen LogP contribution in [0.5, 0.6) is 0 Å². The van der Waals surface area contributed by atoms with Gasteiger partial charge in [-0.3, -0.25) is 0 Å². The predicted octanol–water partition coefficient (Wildman–Crippen LogP) is 3.56. The van der Waals surface area contributed by atoms with Crippen LogP contribution in [0.25, 0.3) is 0 Å². The lowest BCUT2D eigenvalue weighted by Crippen LogP contribution is -2.12. The van der Waals surface area contributed by atoms with Gasteiger partial charge in [-0.05, 0) is 51.5 Å². The zero-order valence-electron chi connectivity index (χ0n) is 8.14. The number of esters is 1. The second-order valence-corrected chi connectivity index (χ2v) is 4.63. The van der Waals surface area contributed by atoms with Gasteiger partial charge >= 0.3 is 5.97 Å². The van der Waals surface area contributed by atoms with E-state index in [9.17, 15) is 13.6 Å². The summed E-state index contributed by atoms with van der Waals surface area (Å²) in [6, 6.07) is 1.22. The van der Waals surface area contributed by atoms with E-state index >= 15 is 0 Å². The zero-order chi connectivity index (χ0) is 12.3. The number of carbonyl (C=O) groups excluding carboxylic acids is 1. The standard InChI is InChI=1S/C9H7BrF2INO2/c1-2-16-9(15)6-4(8(11)12)3-5(13)7(10)14-6/h3,8H,2H2,1H3. The Morgan fingerprint density at radius 3 is 2.81 bits per heavy atom. The summed E-state index contributed by atoms with van der Waals surface area (Å²) in [4.78, 5) is 15.2. The summed E-state index contributed by atoms with van der Waals surface area (Å²) in [6.45, 7) is 1.72. The average Bonchev–Trinajstić information content (AvgIpc) is 2.21. The molecule has 3 nitrogen and oxygen atoms in total. The Morgan fingerprint density at radius 2 is 2.31 bits per heavy atom. The lowest BCUT2D eigenvalue weighted by molar-refractivity contribution is 0.0507. The van der Waals surface area contributed by atoms with Gasteiger partial charge in [0.1, 0.15) is 4.60 Å². The van der Waals surface area contributed by atoms with Crippen molar-refractivity contribution in [3.63, 3.8) is 0 Å². The van der Waals surface area contributed by atoms with E-state index in [-0.39, 0.29) is 12.3 Å². The summed E-state index contributed by atoms with van der Waals surface area (Å²) in [5.74, 6) is -0.838. The van der Waals surface area contributed by atoms with Crippen molar-refractivity contribution in [2.24, 2.45) is 0 Å². The first-order valence-corrected chi connectivity index (χ1v) is 6.15. The molecule has 0 N–H and O–H groups in total. The second-order valence-electron chi connectivity index (χ2n) is 2.72. The van der Waals surface area contributed by atoms with Crippen LogP contribution < -0.4 is 0 Å². The molecule has 0 aliphatic heterocycles. The van der Waals surface area contributed by atoms with Crippen molar-refractivity contribution in [1.82, 2.24) is 4.98 Å². The molecule has 1 heterocycles. The van der Waals surface area contributed by atoms with Gasteiger partial charge in [0.05, 0.1) is 12.2 Å². The molecule has 0 aliphatic rings. The fourth-order valence-electron chi connectivity index (χ4n) is 1.01. The smallest absolute Gasteiger partial charge is 0.357 e. The van der Waals surface area contributed by atoms with Crippen LogP contribution in [-0.4, -0.2) is 17.6 Å². The minimum absolute atomic E-state index is 0.118. The van der Waals surface area contributed by atoms with E-state index in [4.69, 9.17) is 0 Å². The van der Waals surface area contributed by atoms with Crippen LogP contribution in [0.1, 0.15) is 29.4 Å². The fraction of sp³-hybridized carbons (Fsp3) is 0.333. The van der Waals surface area contributed by atoms with Crippen LogP contribution in [-0.2, 0) is 4.74 Å². The van der Waals surface area contributed by atoms with Crippen LogP contribution in [0, 0.1) is 3.57 Å². The van der Waals surface area contributed by atoms with Crippen molar-refractivity contribution in [2.75, 3.05) is 6.61 Å². The van der Waals surface area contributed by atoms with Crippen molar-refractivity contribution in [1.29, 1.82) is 0 Å². The number of alkyl halides is 2. The van der Waals surface area contributed by atoms with Crippen molar-refractivity contribution in [3.05, 3.63) is 25.5 Å². The first kappa shape index (κ1) is 13.8. The Hall–Kier alpha value is -0.310. The third kappa shape index (κ3) is 3.09. The maximum absolute atomic E-state index is 12.7. The fourth-order valence-corrected chi connectivity index (χ4v) is 1.76. The van der Waals surface area contributed by atoms with Gasteiger partial charge in [0.2, 0.25) is 0 Å². The second kappa shape index (κ2) is 5.85. The number of pyridine rings is 1. The molecule has 0 aromatic carbocycles. The molecular formula is C9H7BrF2INO2. The molecular weight excluding hydrogens is 399 g/mol. The summed E-state index contributed by atoms with van der Waals surface area (Å²) in [7, 11) is 0. The largest absolute Gasteiger partial charge is 0.461 e. The zero-order valence-corrected chi connectivity index (χ0v) is 11.9. The number of halogens is 4. The van der Waals surface area contributed by atoms with E-state index in [1.54, 1.807) is 6.92 Å². The molecule has 0 bridgehead atoms. The molecule has 0 radical (unpaired) electrons. The summed E-state index contributed by atoms with van der Waals surface area (Å²) in [6.07, 6.45) is -2.76. The lowest BCUT2D eigenvalue weighted by Gasteiger charge is -2.08. The molecule has 88 valence electrons. The summed E-state index contributed by atoms with van der Waals surface area (Å²) < 4.78 is 30.9. The quantitative estimate of drug-likeness (QED) is 0.438. The third-order valence-corrected chi connectivity index (χ3v) is 3.83. The van der Waals surface area contributed by atoms with E-state index in [0.717, 1.165) is 0 Å². The van der Waals surface area contributed by atoms with Gasteiger partial charge in [-0.1, -0.05) is 0 Å². The summed E-state index contributed by atoms with van der Waals surface area (Å²) >= 11 is 4.93. The van der Waals surface area contributed by atoms with Gasteiger partial charge in [0.25, 0.3) is 6.43 Å². The Morgan fingerprint density at radius 1 is 1.69 bits per heavy atom. The Bertz CT molecular complexity index is 415. The maximum Gasteiger partial charge on any atom is 0.357 e. The molecule has 1 aromatic rings. The number of hydrogen-bond donors (Lipinski definition) is 0. The molecule has 0 saturated carbocycles. The molecule has 1 aromatic heterocycles. The van der Waals surface area contributed by atoms with Gasteiger partial charge in [-0.2, -0.15) is 0 Å². The van der Waals surface area contributed by atoms with E-state index in [0.29, 0.717) is 8.17 Å². The van der Waals surface area contributed by atoms with E-state index in [1.165, 1.54) is 6.07 Å². The van der Waals surface area contributed by atoms with Crippen molar-refractivity contribution in [3.8, 4) is 0 Å². The number of aromatic nitrogens is 1. The van der Waals surface area contributed by atoms with Gasteiger partial charge in [0.15, 0.2) is 5.69 Å². The van der Waals surface area contributed by atoms with Gasteiger partial charge in [-0.25, -0.2) is 18.6 Å². The van der Waals surface area contributed by atoms with Crippen molar-refractivity contribution in [2.45, 2.75) is 13.3 Å². The van der Waals surface area contributed by atoms with Crippen LogP contribution >= 0.6 is 38.5 Å². The molecule has 16 heavy (non-hydrogen) atoms. The van der Waals surface area contributed by atoms with Crippen molar-refractivity contribution < 1.29 is 18.3 Å². The normalized spacial score (nSPS) is 10.6. The Kier molecular flexibility index (Phi) is 5.03. The topological polar surface area (TPSA) is 39.2 Å². The van der Waals surface area contributed by atoms with Crippen LogP contribution in [0.3, 0.4) is 0 Å². The first-order chi connectivity index (χ1) is 7.47. The molecule has 7 heteroatoms. The highest BCUT2D eigenvalue weighted by molar-refractivity contribution is 14.1. The van der Waals surface area contributed by atoms with Gasteiger partial charge in [-0.15, -0.1) is 0 Å². The highest BCUT2D eigenvalue weighted by Crippen LogP contribution is 2.27. The number of rotatable bonds is 3. The molecule has 0 aliphatic carbocycles. The van der Waals surface area contributed by atoms with Crippen molar-refractivity contribution >= 4 is 44.5 Å². The average molecular weight is 406 g/mol. The van der Waals surface area contributed by atoms with Crippen LogP contribution in [0.15, 0.2) is 10.7 Å². The number of hydrogen-bond acceptors (Lipinski definition) is 3. The first-order valence-electron chi connectivity index (χ1n) is 4.28. The highest BCUT2D eigenvalue weighted by Gasteiger charge is 2.22. The molecule has 0 unspecified atom stereocenters. The van der Waals surface area contributed by atoms with Gasteiger partial charge < -0.3 is 4.74 Å². The number of nitrogens with zero attached hydrogens (tertiary/aromatic N) is 1. The highest BCUT2D eigenvalue weighted by atomic mass is 127. The monoisotopic (exact) mass is 405 g/mol. The van der Waals surface area contributed by atoms with E-state index in [1.807, 2.05) is 22.6 Å². The SMILES string of the molecule is CCOC(=O)c1nc(Br)c(I)cc1C(F)F. The summed E-state index contributed by atoms with van der Waals surface area (Å²) in [5.41, 5.74) is -0.754. The van der Waals surface area contributed by atoms with E-state index < -0.39 is 18.0 Å². The molecule has 0 atom stereocenters. The minimum atomic E-state index is -2.76. The lowest BCUT2D eigenvalue weighted by atomic mass is 10.2. The third-order valence-electron chi connectivity index (χ3n) is 1.67. The Balaban J connectivity index is 3.24. The molecule has 0 fully saturated rings. The minimum Gasteiger partial charge on any atom is -0.461 e. The number of ether oxygens (including phenoxy) is 1. The van der Waals surface area contributed by atoms with Crippen LogP contribution in [0.4, 0.5) is 8.78 Å². The maximum atomic E-state index is 12.7.